The molecule has 4 heterocycles. The molecule has 0 aliphatic carbocycles. The van der Waals surface area contributed by atoms with Crippen LogP contribution in [0.2, 0.25) is 0 Å². The second-order valence-corrected chi connectivity index (χ2v) is 10.6. The third kappa shape index (κ3) is 8.48. The highest BCUT2D eigenvalue weighted by molar-refractivity contribution is 5.79. The lowest BCUT2D eigenvalue weighted by molar-refractivity contribution is -0.123. The van der Waals surface area contributed by atoms with Crippen molar-refractivity contribution in [3.8, 4) is 11.5 Å². The number of ether oxygens (including phenoxy) is 2. The topological polar surface area (TPSA) is 118 Å². The molecule has 3 aliphatic heterocycles. The van der Waals surface area contributed by atoms with Crippen molar-refractivity contribution < 1.29 is 19.1 Å². The number of carbonyl (C=O) groups is 2. The van der Waals surface area contributed by atoms with E-state index >= 15 is 0 Å². The Morgan fingerprint density at radius 3 is 2.59 bits per heavy atom. The van der Waals surface area contributed by atoms with Crippen molar-refractivity contribution in [1.82, 2.24) is 25.5 Å². The molecule has 41 heavy (non-hydrogen) atoms. The molecule has 1 saturated heterocycles. The van der Waals surface area contributed by atoms with E-state index in [0.717, 1.165) is 41.2 Å². The van der Waals surface area contributed by atoms with E-state index in [1.54, 1.807) is 0 Å². The standard InChI is InChI=1S/C31H38N6O4/c1-2-13-33-31-34-16-24(17-35-31)18-37-19-27-28(20-37)40-21-23-4-3-5-26(15-23)41-25-9-6-22(7-10-25)8-11-29(38)32-14-12-30(39)36-27/h3-7,9-10,15-17,27-28H,2,8,11-14,18-21H2,1H3,(H,32,38)(H,36,39)(H,33,34,35)/t27-,28-/m0/s1. The molecule has 0 unspecified atom stereocenters. The highest BCUT2D eigenvalue weighted by Gasteiger charge is 2.34. The summed E-state index contributed by atoms with van der Waals surface area (Å²) in [6.07, 6.45) is 5.66. The van der Waals surface area contributed by atoms with Gasteiger partial charge in [-0.15, -0.1) is 0 Å². The first-order valence-corrected chi connectivity index (χ1v) is 14.3. The summed E-state index contributed by atoms with van der Waals surface area (Å²) in [5.74, 6) is 1.90. The summed E-state index contributed by atoms with van der Waals surface area (Å²) in [6.45, 7) is 5.55. The normalized spacial score (nSPS) is 20.4. The van der Waals surface area contributed by atoms with Gasteiger partial charge in [-0.05, 0) is 48.2 Å². The Labute approximate surface area is 240 Å². The van der Waals surface area contributed by atoms with E-state index < -0.39 is 0 Å². The van der Waals surface area contributed by atoms with Crippen LogP contribution >= 0.6 is 0 Å². The number of nitrogens with zero attached hydrogens (tertiary/aromatic N) is 3. The van der Waals surface area contributed by atoms with Gasteiger partial charge in [0.15, 0.2) is 0 Å². The second-order valence-electron chi connectivity index (χ2n) is 10.6. The van der Waals surface area contributed by atoms with Gasteiger partial charge in [0.2, 0.25) is 17.8 Å². The van der Waals surface area contributed by atoms with Crippen LogP contribution < -0.4 is 20.7 Å². The summed E-state index contributed by atoms with van der Waals surface area (Å²) in [4.78, 5) is 36.3. The van der Waals surface area contributed by atoms with E-state index in [0.29, 0.717) is 51.6 Å². The summed E-state index contributed by atoms with van der Waals surface area (Å²) < 4.78 is 12.5. The minimum absolute atomic E-state index is 0.0734. The Balaban J connectivity index is 1.28. The van der Waals surface area contributed by atoms with Crippen molar-refractivity contribution in [3.63, 3.8) is 0 Å². The molecule has 0 saturated carbocycles. The molecule has 1 fully saturated rings. The summed E-state index contributed by atoms with van der Waals surface area (Å²) in [5, 5.41) is 9.20. The maximum absolute atomic E-state index is 12.8. The number of hydrogen-bond donors (Lipinski definition) is 3. The van der Waals surface area contributed by atoms with Gasteiger partial charge >= 0.3 is 0 Å². The number of anilines is 1. The third-order valence-electron chi connectivity index (χ3n) is 7.17. The van der Waals surface area contributed by atoms with E-state index in [1.165, 1.54) is 0 Å². The smallest absolute Gasteiger partial charge is 0.222 e. The zero-order valence-electron chi connectivity index (χ0n) is 23.5. The molecule has 0 radical (unpaired) electrons. The first kappa shape index (κ1) is 28.5. The largest absolute Gasteiger partial charge is 0.457 e. The predicted molar refractivity (Wildman–Crippen MR) is 156 cm³/mol. The number of aryl methyl sites for hydroxylation is 1. The van der Waals surface area contributed by atoms with Gasteiger partial charge in [-0.1, -0.05) is 31.2 Å². The van der Waals surface area contributed by atoms with Crippen molar-refractivity contribution >= 4 is 17.8 Å². The van der Waals surface area contributed by atoms with Gasteiger partial charge in [-0.2, -0.15) is 0 Å². The van der Waals surface area contributed by atoms with E-state index in [1.807, 2.05) is 60.9 Å². The molecule has 2 amide bonds. The third-order valence-corrected chi connectivity index (χ3v) is 7.17. The van der Waals surface area contributed by atoms with Crippen LogP contribution in [0.25, 0.3) is 0 Å². The van der Waals surface area contributed by atoms with Crippen molar-refractivity contribution in [2.75, 3.05) is 31.5 Å². The minimum atomic E-state index is -0.206. The van der Waals surface area contributed by atoms with Gasteiger partial charge in [0, 0.05) is 63.5 Å². The number of rotatable bonds is 5. The van der Waals surface area contributed by atoms with Crippen molar-refractivity contribution in [3.05, 3.63) is 77.6 Å². The fourth-order valence-corrected chi connectivity index (χ4v) is 5.01. The number of carbonyl (C=O) groups excluding carboxylic acids is 2. The van der Waals surface area contributed by atoms with Crippen molar-refractivity contribution in [2.24, 2.45) is 0 Å². The van der Waals surface area contributed by atoms with Crippen LogP contribution in [-0.2, 0) is 33.9 Å². The predicted octanol–water partition coefficient (Wildman–Crippen LogP) is 3.43. The van der Waals surface area contributed by atoms with Gasteiger partial charge in [-0.25, -0.2) is 9.97 Å². The molecule has 1 aromatic heterocycles. The van der Waals surface area contributed by atoms with Gasteiger partial charge in [-0.3, -0.25) is 14.5 Å². The molecular weight excluding hydrogens is 520 g/mol. The Morgan fingerprint density at radius 1 is 0.951 bits per heavy atom. The summed E-state index contributed by atoms with van der Waals surface area (Å²) in [5.41, 5.74) is 3.04. The van der Waals surface area contributed by atoms with Crippen LogP contribution in [0, 0.1) is 0 Å². The lowest BCUT2D eigenvalue weighted by Crippen LogP contribution is -2.44. The van der Waals surface area contributed by atoms with Crippen LogP contribution in [0.15, 0.2) is 60.9 Å². The first-order chi connectivity index (χ1) is 20.0. The van der Waals surface area contributed by atoms with Crippen molar-refractivity contribution in [2.45, 2.75) is 57.9 Å². The monoisotopic (exact) mass is 558 g/mol. The first-order valence-electron chi connectivity index (χ1n) is 14.3. The summed E-state index contributed by atoms with van der Waals surface area (Å²) >= 11 is 0. The number of fused-ring (bicyclic) bond motifs is 10. The Hall–Kier alpha value is -4.02. The second kappa shape index (κ2) is 14.0. The number of likely N-dealkylation sites (tertiary alicyclic amines) is 1. The molecule has 10 nitrogen and oxygen atoms in total. The van der Waals surface area contributed by atoms with Gasteiger partial charge in [0.1, 0.15) is 11.5 Å². The molecule has 216 valence electrons. The van der Waals surface area contributed by atoms with E-state index in [4.69, 9.17) is 9.47 Å². The zero-order chi connectivity index (χ0) is 28.4. The fourth-order valence-electron chi connectivity index (χ4n) is 5.01. The maximum Gasteiger partial charge on any atom is 0.222 e. The number of aromatic nitrogens is 2. The molecule has 3 aromatic rings. The van der Waals surface area contributed by atoms with E-state index in [9.17, 15) is 9.59 Å². The molecule has 6 rings (SSSR count). The Kier molecular flexibility index (Phi) is 9.77. The number of benzene rings is 2. The minimum Gasteiger partial charge on any atom is -0.457 e. The molecule has 0 spiro atoms. The fraction of sp³-hybridized carbons (Fsp3) is 0.419. The summed E-state index contributed by atoms with van der Waals surface area (Å²) in [6, 6.07) is 15.4. The Morgan fingerprint density at radius 2 is 1.78 bits per heavy atom. The quantitative estimate of drug-likeness (QED) is 0.436. The zero-order valence-corrected chi connectivity index (χ0v) is 23.5. The van der Waals surface area contributed by atoms with Gasteiger partial charge < -0.3 is 25.4 Å². The van der Waals surface area contributed by atoms with Gasteiger partial charge in [0.25, 0.3) is 0 Å². The molecule has 3 N–H and O–H groups in total. The van der Waals surface area contributed by atoms with Crippen LogP contribution in [0.4, 0.5) is 5.95 Å². The van der Waals surface area contributed by atoms with Crippen molar-refractivity contribution in [1.29, 1.82) is 0 Å². The lowest BCUT2D eigenvalue weighted by Gasteiger charge is -2.21. The molecular formula is C31H38N6O4. The highest BCUT2D eigenvalue weighted by atomic mass is 16.5. The molecule has 10 heteroatoms. The average Bonchev–Trinajstić information content (AvgIpc) is 3.35. The molecule has 3 aliphatic rings. The lowest BCUT2D eigenvalue weighted by atomic mass is 10.1. The van der Waals surface area contributed by atoms with E-state index in [-0.39, 0.29) is 30.4 Å². The SMILES string of the molecule is CCCNc1ncc(CN2C[C@@H]3NC(=O)CCNC(=O)CCc4ccc(cc4)Oc4cccc(c4)CO[C@H]3C2)cn1. The molecule has 2 atom stereocenters. The van der Waals surface area contributed by atoms with Crippen LogP contribution in [0.1, 0.15) is 42.9 Å². The van der Waals surface area contributed by atoms with Gasteiger partial charge in [0.05, 0.1) is 18.8 Å². The highest BCUT2D eigenvalue weighted by Crippen LogP contribution is 2.25. The summed E-state index contributed by atoms with van der Waals surface area (Å²) in [7, 11) is 0. The molecule has 2 aromatic carbocycles. The van der Waals surface area contributed by atoms with Crippen LogP contribution in [0.5, 0.6) is 11.5 Å². The number of hydrogen-bond acceptors (Lipinski definition) is 8. The average molecular weight is 559 g/mol. The van der Waals surface area contributed by atoms with E-state index in [2.05, 4.69) is 37.7 Å². The maximum atomic E-state index is 12.8. The van der Waals surface area contributed by atoms with Crippen LogP contribution in [-0.4, -0.2) is 65.0 Å². The molecule has 4 bridgehead atoms. The van der Waals surface area contributed by atoms with Crippen LogP contribution in [0.3, 0.4) is 0 Å². The number of nitrogens with one attached hydrogen (secondary N) is 3. The Bertz CT molecular complexity index is 1300. The number of amides is 2.